The van der Waals surface area contributed by atoms with Gasteiger partial charge in [-0.15, -0.1) is 0 Å². The molecule has 3 heterocycles. The summed E-state index contributed by atoms with van der Waals surface area (Å²) in [4.78, 5) is 12.3. The molecule has 0 N–H and O–H groups in total. The molecule has 0 aliphatic carbocycles. The lowest BCUT2D eigenvalue weighted by atomic mass is 10.3. The van der Waals surface area contributed by atoms with Crippen LogP contribution in [0.3, 0.4) is 0 Å². The molecule has 22 heavy (non-hydrogen) atoms. The van der Waals surface area contributed by atoms with Gasteiger partial charge < -0.3 is 8.98 Å². The molecule has 5 nitrogen and oxygen atoms in total. The second-order valence-corrected chi connectivity index (χ2v) is 5.03. The van der Waals surface area contributed by atoms with Crippen LogP contribution in [0.4, 0.5) is 0 Å². The Morgan fingerprint density at radius 1 is 1.00 bits per heavy atom. The van der Waals surface area contributed by atoms with Gasteiger partial charge in [0.1, 0.15) is 5.58 Å². The Labute approximate surface area is 126 Å². The van der Waals surface area contributed by atoms with Gasteiger partial charge in [-0.2, -0.15) is 5.10 Å². The number of aromatic nitrogens is 3. The molecule has 5 heteroatoms. The van der Waals surface area contributed by atoms with E-state index in [1.165, 1.54) is 6.26 Å². The number of rotatable bonds is 3. The van der Waals surface area contributed by atoms with Crippen molar-refractivity contribution in [3.63, 3.8) is 0 Å². The molecule has 0 saturated heterocycles. The third kappa shape index (κ3) is 2.13. The van der Waals surface area contributed by atoms with E-state index in [2.05, 4.69) is 5.10 Å². The van der Waals surface area contributed by atoms with E-state index in [0.29, 0.717) is 17.5 Å². The zero-order valence-corrected chi connectivity index (χ0v) is 11.7. The zero-order chi connectivity index (χ0) is 14.9. The van der Waals surface area contributed by atoms with Crippen LogP contribution < -0.4 is 5.56 Å². The Balaban J connectivity index is 1.67. The van der Waals surface area contributed by atoms with Crippen molar-refractivity contribution in [3.8, 4) is 5.69 Å². The SMILES string of the molecule is O=c1c2ccoc2ccn1Cc1ccn(-c2ccccc2)n1. The largest absolute Gasteiger partial charge is 0.464 e. The second kappa shape index (κ2) is 5.04. The third-order valence-corrected chi connectivity index (χ3v) is 3.59. The molecule has 0 spiro atoms. The fraction of sp³-hybridized carbons (Fsp3) is 0.0588. The van der Waals surface area contributed by atoms with Crippen LogP contribution in [-0.4, -0.2) is 14.3 Å². The first kappa shape index (κ1) is 12.6. The van der Waals surface area contributed by atoms with Gasteiger partial charge in [0.05, 0.1) is 29.6 Å². The minimum Gasteiger partial charge on any atom is -0.464 e. The number of hydrogen-bond donors (Lipinski definition) is 0. The van der Waals surface area contributed by atoms with Crippen LogP contribution in [0.2, 0.25) is 0 Å². The monoisotopic (exact) mass is 291 g/mol. The lowest BCUT2D eigenvalue weighted by molar-refractivity contribution is 0.613. The number of nitrogens with zero attached hydrogens (tertiary/aromatic N) is 3. The van der Waals surface area contributed by atoms with Gasteiger partial charge in [-0.05, 0) is 30.3 Å². The van der Waals surface area contributed by atoms with Crippen molar-refractivity contribution >= 4 is 11.0 Å². The molecule has 3 aromatic heterocycles. The number of benzene rings is 1. The minimum atomic E-state index is -0.0690. The maximum atomic E-state index is 12.3. The molecule has 0 amide bonds. The van der Waals surface area contributed by atoms with Crippen LogP contribution in [0, 0.1) is 0 Å². The van der Waals surface area contributed by atoms with Crippen LogP contribution in [0.15, 0.2) is 76.4 Å². The van der Waals surface area contributed by atoms with Crippen LogP contribution in [0.5, 0.6) is 0 Å². The smallest absolute Gasteiger partial charge is 0.262 e. The standard InChI is InChI=1S/C17H13N3O2/c21-17-15-8-11-22-16(15)7-9-19(17)12-13-6-10-20(18-13)14-4-2-1-3-5-14/h1-11H,12H2. The molecule has 0 bridgehead atoms. The number of para-hydroxylation sites is 1. The van der Waals surface area contributed by atoms with E-state index in [9.17, 15) is 4.79 Å². The van der Waals surface area contributed by atoms with Crippen molar-refractivity contribution in [2.75, 3.05) is 0 Å². The molecule has 0 aliphatic heterocycles. The van der Waals surface area contributed by atoms with Crippen molar-refractivity contribution < 1.29 is 4.42 Å². The molecule has 1 aromatic carbocycles. The summed E-state index contributed by atoms with van der Waals surface area (Å²) in [6, 6.07) is 15.3. The molecule has 0 saturated carbocycles. The minimum absolute atomic E-state index is 0.0690. The van der Waals surface area contributed by atoms with E-state index < -0.39 is 0 Å². The Bertz CT molecular complexity index is 980. The molecule has 0 radical (unpaired) electrons. The maximum Gasteiger partial charge on any atom is 0.262 e. The topological polar surface area (TPSA) is 53.0 Å². The Hall–Kier alpha value is -3.08. The van der Waals surface area contributed by atoms with Crippen molar-refractivity contribution in [2.24, 2.45) is 0 Å². The summed E-state index contributed by atoms with van der Waals surface area (Å²) < 4.78 is 8.67. The Morgan fingerprint density at radius 2 is 1.86 bits per heavy atom. The third-order valence-electron chi connectivity index (χ3n) is 3.59. The van der Waals surface area contributed by atoms with Gasteiger partial charge in [0.15, 0.2) is 0 Å². The van der Waals surface area contributed by atoms with Crippen molar-refractivity contribution in [3.05, 3.63) is 83.2 Å². The van der Waals surface area contributed by atoms with E-state index >= 15 is 0 Å². The molecule has 0 unspecified atom stereocenters. The molecule has 4 aromatic rings. The first-order valence-electron chi connectivity index (χ1n) is 6.98. The zero-order valence-electron chi connectivity index (χ0n) is 11.7. The van der Waals surface area contributed by atoms with E-state index in [1.54, 1.807) is 27.6 Å². The number of hydrogen-bond acceptors (Lipinski definition) is 3. The lowest BCUT2D eigenvalue weighted by Crippen LogP contribution is -2.19. The van der Waals surface area contributed by atoms with E-state index in [0.717, 1.165) is 11.4 Å². The highest BCUT2D eigenvalue weighted by Gasteiger charge is 2.07. The van der Waals surface area contributed by atoms with Crippen LogP contribution in [-0.2, 0) is 6.54 Å². The predicted octanol–water partition coefficient (Wildman–Crippen LogP) is 2.83. The molecular formula is C17H13N3O2. The number of pyridine rings is 1. The summed E-state index contributed by atoms with van der Waals surface area (Å²) in [5.41, 5.74) is 2.36. The Morgan fingerprint density at radius 3 is 2.73 bits per heavy atom. The quantitative estimate of drug-likeness (QED) is 0.583. The van der Waals surface area contributed by atoms with Gasteiger partial charge in [-0.1, -0.05) is 18.2 Å². The fourth-order valence-corrected chi connectivity index (χ4v) is 2.48. The van der Waals surface area contributed by atoms with Crippen LogP contribution >= 0.6 is 0 Å². The summed E-state index contributed by atoms with van der Waals surface area (Å²) >= 11 is 0. The first-order chi connectivity index (χ1) is 10.8. The second-order valence-electron chi connectivity index (χ2n) is 5.03. The van der Waals surface area contributed by atoms with Gasteiger partial charge in [0, 0.05) is 12.4 Å². The van der Waals surface area contributed by atoms with Crippen molar-refractivity contribution in [1.82, 2.24) is 14.3 Å². The average molecular weight is 291 g/mol. The summed E-state index contributed by atoms with van der Waals surface area (Å²) in [5, 5.41) is 5.11. The molecule has 4 rings (SSSR count). The lowest BCUT2D eigenvalue weighted by Gasteiger charge is -2.03. The summed E-state index contributed by atoms with van der Waals surface area (Å²) in [5.74, 6) is 0. The molecule has 0 aliphatic rings. The summed E-state index contributed by atoms with van der Waals surface area (Å²) in [6.45, 7) is 0.430. The van der Waals surface area contributed by atoms with E-state index in [1.807, 2.05) is 42.6 Å². The van der Waals surface area contributed by atoms with E-state index in [4.69, 9.17) is 4.42 Å². The summed E-state index contributed by atoms with van der Waals surface area (Å²) in [6.07, 6.45) is 5.16. The number of furan rings is 1. The first-order valence-corrected chi connectivity index (χ1v) is 6.98. The molecular weight excluding hydrogens is 278 g/mol. The summed E-state index contributed by atoms with van der Waals surface area (Å²) in [7, 11) is 0. The van der Waals surface area contributed by atoms with Gasteiger partial charge >= 0.3 is 0 Å². The van der Waals surface area contributed by atoms with Crippen molar-refractivity contribution in [1.29, 1.82) is 0 Å². The highest BCUT2D eigenvalue weighted by Crippen LogP contribution is 2.11. The predicted molar refractivity (Wildman–Crippen MR) is 83.1 cm³/mol. The Kier molecular flexibility index (Phi) is 2.89. The number of fused-ring (bicyclic) bond motifs is 1. The van der Waals surface area contributed by atoms with Crippen molar-refractivity contribution in [2.45, 2.75) is 6.54 Å². The molecule has 108 valence electrons. The highest BCUT2D eigenvalue weighted by atomic mass is 16.3. The van der Waals surface area contributed by atoms with Gasteiger partial charge in [0.25, 0.3) is 5.56 Å². The van der Waals surface area contributed by atoms with E-state index in [-0.39, 0.29) is 5.56 Å². The highest BCUT2D eigenvalue weighted by molar-refractivity contribution is 5.75. The molecule has 0 atom stereocenters. The maximum absolute atomic E-state index is 12.3. The van der Waals surface area contributed by atoms with Crippen LogP contribution in [0.25, 0.3) is 16.7 Å². The van der Waals surface area contributed by atoms with Gasteiger partial charge in [-0.3, -0.25) is 4.79 Å². The molecule has 0 fully saturated rings. The average Bonchev–Trinajstić information content (AvgIpc) is 3.20. The van der Waals surface area contributed by atoms with Gasteiger partial charge in [-0.25, -0.2) is 4.68 Å². The fourth-order valence-electron chi connectivity index (χ4n) is 2.48. The van der Waals surface area contributed by atoms with Crippen LogP contribution in [0.1, 0.15) is 5.69 Å². The van der Waals surface area contributed by atoms with Gasteiger partial charge in [0.2, 0.25) is 0 Å². The normalized spacial score (nSPS) is 11.1.